The van der Waals surface area contributed by atoms with Crippen LogP contribution in [0.5, 0.6) is 0 Å². The van der Waals surface area contributed by atoms with Gasteiger partial charge in [0.1, 0.15) is 24.3 Å². The molecule has 0 spiro atoms. The minimum atomic E-state index is -1.04. The fraction of sp³-hybridized carbons (Fsp3) is 0.235. The van der Waals surface area contributed by atoms with Gasteiger partial charge in [-0.05, 0) is 59.5 Å². The summed E-state index contributed by atoms with van der Waals surface area (Å²) < 4.78 is 1.45. The second-order valence-electron chi connectivity index (χ2n) is 11.2. The third-order valence-electron chi connectivity index (χ3n) is 8.30. The number of hydrogen-bond acceptors (Lipinski definition) is 6. The van der Waals surface area contributed by atoms with Crippen molar-refractivity contribution in [3.8, 4) is 11.3 Å². The van der Waals surface area contributed by atoms with Crippen LogP contribution in [-0.2, 0) is 27.3 Å². The Morgan fingerprint density at radius 2 is 1.84 bits per heavy atom. The average molecular weight is 622 g/mol. The van der Waals surface area contributed by atoms with Crippen molar-refractivity contribution in [1.82, 2.24) is 29.8 Å². The van der Waals surface area contributed by atoms with E-state index in [1.165, 1.54) is 9.58 Å². The van der Waals surface area contributed by atoms with Gasteiger partial charge in [0.2, 0.25) is 11.8 Å². The molecule has 10 nitrogen and oxygen atoms in total. The van der Waals surface area contributed by atoms with Gasteiger partial charge in [0, 0.05) is 42.0 Å². The Hall–Kier alpha value is -5.09. The first kappa shape index (κ1) is 30.0. The largest absolute Gasteiger partial charge is 0.368 e. The predicted molar refractivity (Wildman–Crippen MR) is 171 cm³/mol. The molecule has 3 aromatic carbocycles. The van der Waals surface area contributed by atoms with Crippen molar-refractivity contribution in [2.45, 2.75) is 44.4 Å². The normalized spacial score (nSPS) is 17.7. The average Bonchev–Trinajstić information content (AvgIpc) is 3.46. The number of benzene rings is 3. The summed E-state index contributed by atoms with van der Waals surface area (Å²) in [6, 6.07) is 22.0. The van der Waals surface area contributed by atoms with Crippen molar-refractivity contribution in [3.05, 3.63) is 114 Å². The molecule has 3 heterocycles. The molecule has 228 valence electrons. The van der Waals surface area contributed by atoms with Gasteiger partial charge in [0.05, 0.1) is 6.20 Å². The topological polar surface area (TPSA) is 127 Å². The van der Waals surface area contributed by atoms with E-state index in [0.29, 0.717) is 22.7 Å². The predicted octanol–water partition coefficient (Wildman–Crippen LogP) is 4.43. The van der Waals surface area contributed by atoms with Gasteiger partial charge >= 0.3 is 0 Å². The lowest BCUT2D eigenvalue weighted by Gasteiger charge is -2.35. The van der Waals surface area contributed by atoms with Gasteiger partial charge < -0.3 is 15.5 Å². The molecule has 45 heavy (non-hydrogen) atoms. The Morgan fingerprint density at radius 3 is 2.62 bits per heavy atom. The van der Waals surface area contributed by atoms with Gasteiger partial charge in [-0.25, -0.2) is 4.68 Å². The van der Waals surface area contributed by atoms with Crippen LogP contribution in [0.2, 0.25) is 5.02 Å². The number of nitrogens with two attached hydrogens (primary N) is 1. The molecule has 0 saturated carbocycles. The molecule has 2 N–H and O–H groups in total. The Labute approximate surface area is 265 Å². The number of primary amides is 1. The van der Waals surface area contributed by atoms with Gasteiger partial charge in [-0.15, -0.1) is 5.10 Å². The van der Waals surface area contributed by atoms with Gasteiger partial charge in [0.25, 0.3) is 5.91 Å². The number of halogens is 1. The zero-order chi connectivity index (χ0) is 31.5. The number of rotatable bonds is 8. The minimum absolute atomic E-state index is 0.142. The molecule has 5 aromatic rings. The number of hydrogen-bond donors (Lipinski definition) is 1. The van der Waals surface area contributed by atoms with Crippen molar-refractivity contribution in [2.75, 3.05) is 6.54 Å². The summed E-state index contributed by atoms with van der Waals surface area (Å²) >= 11 is 6.39. The van der Waals surface area contributed by atoms with Gasteiger partial charge in [-0.2, -0.15) is 0 Å². The summed E-state index contributed by atoms with van der Waals surface area (Å²) in [5, 5.41) is 10.8. The van der Waals surface area contributed by atoms with Crippen molar-refractivity contribution >= 4 is 40.1 Å². The number of amides is 3. The molecule has 1 aliphatic rings. The van der Waals surface area contributed by atoms with Crippen LogP contribution in [0.1, 0.15) is 30.5 Å². The highest BCUT2D eigenvalue weighted by Gasteiger charge is 2.43. The summed E-state index contributed by atoms with van der Waals surface area (Å²) in [6.07, 6.45) is 5.69. The molecule has 0 bridgehead atoms. The summed E-state index contributed by atoms with van der Waals surface area (Å²) in [7, 11) is 0. The maximum absolute atomic E-state index is 14.6. The fourth-order valence-electron chi connectivity index (χ4n) is 6.07. The summed E-state index contributed by atoms with van der Waals surface area (Å²) in [5.74, 6) is -1.33. The van der Waals surface area contributed by atoms with Crippen LogP contribution in [-0.4, -0.2) is 66.1 Å². The SMILES string of the molecule is C[C@@H]1CCN([C@H](Cc2cccc3ccccc23)C(N)=O)C(=O)[C@H](c2cccc(Cl)c2)N1C(=O)Cn1cc(-c2cccnc2)nn1. The van der Waals surface area contributed by atoms with Crippen LogP contribution >= 0.6 is 11.6 Å². The van der Waals surface area contributed by atoms with E-state index in [1.807, 2.05) is 55.5 Å². The molecule has 2 aromatic heterocycles. The Balaban J connectivity index is 1.34. The molecule has 1 aliphatic heterocycles. The molecule has 1 saturated heterocycles. The van der Waals surface area contributed by atoms with Crippen molar-refractivity contribution in [2.24, 2.45) is 5.73 Å². The summed E-state index contributed by atoms with van der Waals surface area (Å²) in [4.78, 5) is 49.0. The molecule has 6 rings (SSSR count). The summed E-state index contributed by atoms with van der Waals surface area (Å²) in [5.41, 5.74) is 8.80. The number of fused-ring (bicyclic) bond motifs is 1. The van der Waals surface area contributed by atoms with Crippen LogP contribution < -0.4 is 5.73 Å². The first-order valence-electron chi connectivity index (χ1n) is 14.7. The highest BCUT2D eigenvalue weighted by Crippen LogP contribution is 2.33. The zero-order valence-corrected chi connectivity index (χ0v) is 25.4. The number of pyridine rings is 1. The Morgan fingerprint density at radius 1 is 1.04 bits per heavy atom. The number of carbonyl (C=O) groups is 3. The smallest absolute Gasteiger partial charge is 0.250 e. The number of nitrogens with zero attached hydrogens (tertiary/aromatic N) is 6. The molecule has 11 heteroatoms. The third kappa shape index (κ3) is 6.28. The van der Waals surface area contributed by atoms with Crippen molar-refractivity contribution in [1.29, 1.82) is 0 Å². The van der Waals surface area contributed by atoms with E-state index < -0.39 is 23.9 Å². The maximum Gasteiger partial charge on any atom is 0.250 e. The van der Waals surface area contributed by atoms with Crippen molar-refractivity contribution < 1.29 is 14.4 Å². The van der Waals surface area contributed by atoms with E-state index in [9.17, 15) is 14.4 Å². The van der Waals surface area contributed by atoms with E-state index in [0.717, 1.165) is 21.9 Å². The first-order valence-corrected chi connectivity index (χ1v) is 15.1. The van der Waals surface area contributed by atoms with Crippen LogP contribution in [0.3, 0.4) is 0 Å². The molecule has 0 aliphatic carbocycles. The molecule has 1 fully saturated rings. The third-order valence-corrected chi connectivity index (χ3v) is 8.54. The van der Waals surface area contributed by atoms with Crippen LogP contribution in [0.4, 0.5) is 0 Å². The van der Waals surface area contributed by atoms with Gasteiger partial charge in [-0.3, -0.25) is 19.4 Å². The van der Waals surface area contributed by atoms with Crippen LogP contribution in [0.25, 0.3) is 22.0 Å². The van der Waals surface area contributed by atoms with Crippen LogP contribution in [0.15, 0.2) is 97.5 Å². The lowest BCUT2D eigenvalue weighted by atomic mass is 9.96. The minimum Gasteiger partial charge on any atom is -0.368 e. The van der Waals surface area contributed by atoms with Gasteiger partial charge in [0.15, 0.2) is 0 Å². The van der Waals surface area contributed by atoms with E-state index in [4.69, 9.17) is 17.3 Å². The highest BCUT2D eigenvalue weighted by atomic mass is 35.5. The monoisotopic (exact) mass is 621 g/mol. The van der Waals surface area contributed by atoms with E-state index in [-0.39, 0.29) is 31.5 Å². The standard InChI is InChI=1S/C34H32ClN7O3/c1-22-14-16-41(30(33(36)44)18-24-9-4-8-23-7-2-3-13-28(23)24)34(45)32(25-10-5-12-27(35)17-25)42(22)31(43)21-40-20-29(38-39-40)26-11-6-15-37-19-26/h2-13,15,17,19-20,22,30,32H,14,16,18,21H2,1H3,(H2,36,44)/t22-,30-,32+/m1/s1. The molecule has 3 atom stereocenters. The Kier molecular flexibility index (Phi) is 8.57. The molecule has 3 amide bonds. The van der Waals surface area contributed by atoms with E-state index >= 15 is 0 Å². The van der Waals surface area contributed by atoms with Gasteiger partial charge in [-0.1, -0.05) is 71.4 Å². The molecular formula is C34H32ClN7O3. The lowest BCUT2D eigenvalue weighted by molar-refractivity contribution is -0.148. The molecule has 0 unspecified atom stereocenters. The van der Waals surface area contributed by atoms with E-state index in [2.05, 4.69) is 15.3 Å². The lowest BCUT2D eigenvalue weighted by Crippen LogP contribution is -2.52. The number of aromatic nitrogens is 4. The van der Waals surface area contributed by atoms with E-state index in [1.54, 1.807) is 53.8 Å². The van der Waals surface area contributed by atoms with Crippen LogP contribution in [0, 0.1) is 0 Å². The second kappa shape index (κ2) is 12.9. The summed E-state index contributed by atoms with van der Waals surface area (Å²) in [6.45, 7) is 2.00. The van der Waals surface area contributed by atoms with Crippen molar-refractivity contribution in [3.63, 3.8) is 0 Å². The highest BCUT2D eigenvalue weighted by molar-refractivity contribution is 6.30. The first-order chi connectivity index (χ1) is 21.8. The maximum atomic E-state index is 14.6. The zero-order valence-electron chi connectivity index (χ0n) is 24.7. The Bertz CT molecular complexity index is 1860. The molecule has 0 radical (unpaired) electrons. The molecular weight excluding hydrogens is 590 g/mol. The number of carbonyl (C=O) groups excluding carboxylic acids is 3. The quantitative estimate of drug-likeness (QED) is 0.273. The second-order valence-corrected chi connectivity index (χ2v) is 11.7. The fourth-order valence-corrected chi connectivity index (χ4v) is 6.27.